The number of likely N-dealkylation sites (N-methyl/N-ethyl adjacent to an activating group) is 1. The summed E-state index contributed by atoms with van der Waals surface area (Å²) in [7, 11) is 3.46. The highest BCUT2D eigenvalue weighted by Crippen LogP contribution is 2.13. The molecule has 1 amide bonds. The summed E-state index contributed by atoms with van der Waals surface area (Å²) in [6.07, 6.45) is 1.39. The van der Waals surface area contributed by atoms with Gasteiger partial charge in [0.25, 0.3) is 0 Å². The molecule has 0 spiro atoms. The molecule has 0 fully saturated rings. The molecular formula is C11H24N2O2. The lowest BCUT2D eigenvalue weighted by Crippen LogP contribution is -2.48. The predicted molar refractivity (Wildman–Crippen MR) is 61.7 cm³/mol. The molecule has 0 heterocycles. The number of aliphatic hydroxyl groups is 1. The van der Waals surface area contributed by atoms with Crippen molar-refractivity contribution in [3.05, 3.63) is 0 Å². The minimum Gasteiger partial charge on any atom is -0.389 e. The second-order valence-electron chi connectivity index (χ2n) is 4.27. The molecule has 1 atom stereocenters. The Labute approximate surface area is 92.7 Å². The van der Waals surface area contributed by atoms with Crippen molar-refractivity contribution in [2.24, 2.45) is 0 Å². The quantitative estimate of drug-likeness (QED) is 0.684. The van der Waals surface area contributed by atoms with Crippen LogP contribution in [0.2, 0.25) is 0 Å². The van der Waals surface area contributed by atoms with Crippen LogP contribution in [0.15, 0.2) is 0 Å². The van der Waals surface area contributed by atoms with Gasteiger partial charge in [-0.25, -0.2) is 0 Å². The van der Waals surface area contributed by atoms with Gasteiger partial charge in [0.15, 0.2) is 0 Å². The van der Waals surface area contributed by atoms with E-state index in [-0.39, 0.29) is 11.9 Å². The summed E-state index contributed by atoms with van der Waals surface area (Å²) in [5, 5.41) is 13.1. The molecule has 0 aromatic rings. The zero-order valence-electron chi connectivity index (χ0n) is 10.5. The minimum absolute atomic E-state index is 0.0320. The van der Waals surface area contributed by atoms with E-state index < -0.39 is 5.60 Å². The first-order valence-electron chi connectivity index (χ1n) is 5.53. The van der Waals surface area contributed by atoms with Gasteiger partial charge >= 0.3 is 0 Å². The summed E-state index contributed by atoms with van der Waals surface area (Å²) in [4.78, 5) is 13.1. The summed E-state index contributed by atoms with van der Waals surface area (Å²) in [6, 6.07) is -0.246. The van der Waals surface area contributed by atoms with Crippen LogP contribution in [-0.4, -0.2) is 48.2 Å². The fourth-order valence-corrected chi connectivity index (χ4v) is 1.32. The van der Waals surface area contributed by atoms with Crippen LogP contribution in [0, 0.1) is 0 Å². The van der Waals surface area contributed by atoms with Crippen molar-refractivity contribution in [1.82, 2.24) is 10.2 Å². The van der Waals surface area contributed by atoms with Gasteiger partial charge in [0, 0.05) is 20.6 Å². The Bertz CT molecular complexity index is 201. The SMILES string of the molecule is CCC(O)(CC)CNC(C)C(=O)N(C)C. The van der Waals surface area contributed by atoms with Gasteiger partial charge in [0.1, 0.15) is 0 Å². The Morgan fingerprint density at radius 2 is 1.87 bits per heavy atom. The van der Waals surface area contributed by atoms with Gasteiger partial charge in [-0.1, -0.05) is 13.8 Å². The first kappa shape index (κ1) is 14.4. The number of carbonyl (C=O) groups excluding carboxylic acids is 1. The van der Waals surface area contributed by atoms with Crippen molar-refractivity contribution >= 4 is 5.91 Å². The zero-order chi connectivity index (χ0) is 12.1. The second-order valence-corrected chi connectivity index (χ2v) is 4.27. The van der Waals surface area contributed by atoms with Gasteiger partial charge in [0.05, 0.1) is 11.6 Å². The molecule has 0 aromatic heterocycles. The van der Waals surface area contributed by atoms with Gasteiger partial charge in [-0.05, 0) is 19.8 Å². The summed E-state index contributed by atoms with van der Waals surface area (Å²) in [5.41, 5.74) is -0.694. The molecule has 0 saturated carbocycles. The smallest absolute Gasteiger partial charge is 0.238 e. The van der Waals surface area contributed by atoms with Gasteiger partial charge in [-0.3, -0.25) is 4.79 Å². The van der Waals surface area contributed by atoms with Crippen molar-refractivity contribution in [2.45, 2.75) is 45.3 Å². The average Bonchev–Trinajstić information content (AvgIpc) is 2.24. The van der Waals surface area contributed by atoms with Crippen LogP contribution in [-0.2, 0) is 4.79 Å². The van der Waals surface area contributed by atoms with Crippen LogP contribution in [0.3, 0.4) is 0 Å². The predicted octanol–water partition coefficient (Wildman–Crippen LogP) is 0.604. The molecule has 4 nitrogen and oxygen atoms in total. The highest BCUT2D eigenvalue weighted by Gasteiger charge is 2.24. The molecule has 2 N–H and O–H groups in total. The highest BCUT2D eigenvalue weighted by atomic mass is 16.3. The molecule has 0 saturated heterocycles. The van der Waals surface area contributed by atoms with Crippen molar-refractivity contribution in [3.63, 3.8) is 0 Å². The number of nitrogens with zero attached hydrogens (tertiary/aromatic N) is 1. The number of hydrogen-bond acceptors (Lipinski definition) is 3. The standard InChI is InChI=1S/C11H24N2O2/c1-6-11(15,7-2)8-12-9(3)10(14)13(4)5/h9,12,15H,6-8H2,1-5H3. The topological polar surface area (TPSA) is 52.6 Å². The Morgan fingerprint density at radius 3 is 2.20 bits per heavy atom. The van der Waals surface area contributed by atoms with E-state index >= 15 is 0 Å². The summed E-state index contributed by atoms with van der Waals surface area (Å²) < 4.78 is 0. The third-order valence-corrected chi connectivity index (χ3v) is 2.86. The van der Waals surface area contributed by atoms with Crippen molar-refractivity contribution in [2.75, 3.05) is 20.6 Å². The normalized spacial score (nSPS) is 13.7. The molecule has 0 bridgehead atoms. The van der Waals surface area contributed by atoms with E-state index in [0.29, 0.717) is 19.4 Å². The minimum atomic E-state index is -0.694. The molecule has 4 heteroatoms. The number of carbonyl (C=O) groups is 1. The fourth-order valence-electron chi connectivity index (χ4n) is 1.32. The average molecular weight is 216 g/mol. The van der Waals surface area contributed by atoms with Gasteiger partial charge in [-0.15, -0.1) is 0 Å². The summed E-state index contributed by atoms with van der Waals surface area (Å²) in [6.45, 7) is 6.17. The second kappa shape index (κ2) is 6.08. The lowest BCUT2D eigenvalue weighted by Gasteiger charge is -2.28. The molecule has 0 aliphatic rings. The largest absolute Gasteiger partial charge is 0.389 e. The Kier molecular flexibility index (Phi) is 5.83. The van der Waals surface area contributed by atoms with E-state index in [0.717, 1.165) is 0 Å². The summed E-state index contributed by atoms with van der Waals surface area (Å²) >= 11 is 0. The Morgan fingerprint density at radius 1 is 1.40 bits per heavy atom. The number of nitrogens with one attached hydrogen (secondary N) is 1. The monoisotopic (exact) mass is 216 g/mol. The van der Waals surface area contributed by atoms with Crippen molar-refractivity contribution in [3.8, 4) is 0 Å². The fraction of sp³-hybridized carbons (Fsp3) is 0.909. The number of rotatable bonds is 6. The third kappa shape index (κ3) is 4.62. The van der Waals surface area contributed by atoms with Gasteiger partial charge in [0.2, 0.25) is 5.91 Å². The molecule has 0 aromatic carbocycles. The molecule has 15 heavy (non-hydrogen) atoms. The third-order valence-electron chi connectivity index (χ3n) is 2.86. The number of hydrogen-bond donors (Lipinski definition) is 2. The first-order valence-corrected chi connectivity index (χ1v) is 5.53. The Hall–Kier alpha value is -0.610. The number of amides is 1. The maximum Gasteiger partial charge on any atom is 0.238 e. The maximum atomic E-state index is 11.5. The van der Waals surface area contributed by atoms with E-state index in [2.05, 4.69) is 5.32 Å². The van der Waals surface area contributed by atoms with E-state index in [9.17, 15) is 9.90 Å². The molecule has 0 rings (SSSR count). The van der Waals surface area contributed by atoms with E-state index in [1.165, 1.54) is 0 Å². The first-order chi connectivity index (χ1) is 6.86. The lowest BCUT2D eigenvalue weighted by atomic mass is 9.97. The van der Waals surface area contributed by atoms with Crippen LogP contribution in [0.25, 0.3) is 0 Å². The van der Waals surface area contributed by atoms with Crippen LogP contribution in [0.5, 0.6) is 0 Å². The van der Waals surface area contributed by atoms with Crippen LogP contribution < -0.4 is 5.32 Å². The zero-order valence-corrected chi connectivity index (χ0v) is 10.5. The van der Waals surface area contributed by atoms with Crippen LogP contribution in [0.1, 0.15) is 33.6 Å². The summed E-state index contributed by atoms with van der Waals surface area (Å²) in [5.74, 6) is 0.0320. The van der Waals surface area contributed by atoms with Crippen LogP contribution in [0.4, 0.5) is 0 Å². The molecule has 1 unspecified atom stereocenters. The molecule has 0 aliphatic heterocycles. The van der Waals surface area contributed by atoms with Gasteiger partial charge in [-0.2, -0.15) is 0 Å². The molecule has 0 radical (unpaired) electrons. The van der Waals surface area contributed by atoms with Crippen molar-refractivity contribution in [1.29, 1.82) is 0 Å². The van der Waals surface area contributed by atoms with Crippen molar-refractivity contribution < 1.29 is 9.90 Å². The van der Waals surface area contributed by atoms with Crippen LogP contribution >= 0.6 is 0 Å². The molecule has 90 valence electrons. The van der Waals surface area contributed by atoms with E-state index in [4.69, 9.17) is 0 Å². The maximum absolute atomic E-state index is 11.5. The van der Waals surface area contributed by atoms with E-state index in [1.54, 1.807) is 19.0 Å². The molecular weight excluding hydrogens is 192 g/mol. The molecule has 0 aliphatic carbocycles. The van der Waals surface area contributed by atoms with E-state index in [1.807, 2.05) is 20.8 Å². The van der Waals surface area contributed by atoms with Gasteiger partial charge < -0.3 is 15.3 Å². The lowest BCUT2D eigenvalue weighted by molar-refractivity contribution is -0.130. The highest BCUT2D eigenvalue weighted by molar-refractivity contribution is 5.80. The Balaban J connectivity index is 4.10.